The molecule has 0 bridgehead atoms. The Morgan fingerprint density at radius 3 is 1.49 bits per heavy atom. The van der Waals surface area contributed by atoms with Crippen LogP contribution in [0.2, 0.25) is 0 Å². The van der Waals surface area contributed by atoms with Crippen molar-refractivity contribution in [2.45, 2.75) is 36.3 Å². The minimum absolute atomic E-state index is 0.0850. The van der Waals surface area contributed by atoms with Crippen LogP contribution >= 0.6 is 0 Å². The van der Waals surface area contributed by atoms with Gasteiger partial charge < -0.3 is 29.5 Å². The maximum absolute atomic E-state index is 11.2. The number of aliphatic hydroxyl groups is 3. The van der Waals surface area contributed by atoms with Gasteiger partial charge in [-0.25, -0.2) is 0 Å². The molecule has 4 aromatic rings. The first-order chi connectivity index (χ1) is 18.1. The summed E-state index contributed by atoms with van der Waals surface area (Å²) in [5.41, 5.74) is 1.67. The molecular formula is C31H30O6. The van der Waals surface area contributed by atoms with Crippen LogP contribution in [0.4, 0.5) is 0 Å². The number of benzene rings is 4. The Morgan fingerprint density at radius 1 is 0.595 bits per heavy atom. The van der Waals surface area contributed by atoms with Crippen molar-refractivity contribution in [3.05, 3.63) is 138 Å². The van der Waals surface area contributed by atoms with E-state index in [1.165, 1.54) is 0 Å². The Morgan fingerprint density at radius 2 is 1.03 bits per heavy atom. The van der Waals surface area contributed by atoms with Crippen LogP contribution < -0.4 is 4.74 Å². The predicted molar refractivity (Wildman–Crippen MR) is 139 cm³/mol. The molecule has 4 aromatic carbocycles. The second kappa shape index (κ2) is 11.3. The first kappa shape index (κ1) is 25.1. The lowest BCUT2D eigenvalue weighted by atomic mass is 9.80. The topological polar surface area (TPSA) is 88.4 Å². The van der Waals surface area contributed by atoms with Gasteiger partial charge >= 0.3 is 0 Å². The van der Waals surface area contributed by atoms with Crippen molar-refractivity contribution in [2.24, 2.45) is 0 Å². The molecule has 37 heavy (non-hydrogen) atoms. The summed E-state index contributed by atoms with van der Waals surface area (Å²) >= 11 is 0. The van der Waals surface area contributed by atoms with Gasteiger partial charge in [-0.05, 0) is 28.8 Å². The summed E-state index contributed by atoms with van der Waals surface area (Å²) in [5.74, 6) is 0.464. The van der Waals surface area contributed by atoms with E-state index in [2.05, 4.69) is 0 Å². The summed E-state index contributed by atoms with van der Waals surface area (Å²) in [5, 5.41) is 32.2. The Labute approximate surface area is 216 Å². The van der Waals surface area contributed by atoms with Crippen LogP contribution in [0.3, 0.4) is 0 Å². The molecule has 6 nitrogen and oxygen atoms in total. The van der Waals surface area contributed by atoms with Crippen molar-refractivity contribution in [2.75, 3.05) is 6.61 Å². The van der Waals surface area contributed by atoms with Crippen LogP contribution in [0.25, 0.3) is 0 Å². The fourth-order valence-electron chi connectivity index (χ4n) is 4.83. The first-order valence-electron chi connectivity index (χ1n) is 12.3. The summed E-state index contributed by atoms with van der Waals surface area (Å²) < 4.78 is 18.2. The Balaban J connectivity index is 1.50. The van der Waals surface area contributed by atoms with Gasteiger partial charge in [0, 0.05) is 0 Å². The fraction of sp³-hybridized carbons (Fsp3) is 0.226. The smallest absolute Gasteiger partial charge is 0.185 e. The molecule has 6 heteroatoms. The van der Waals surface area contributed by atoms with Crippen LogP contribution in [0, 0.1) is 0 Å². The van der Waals surface area contributed by atoms with Gasteiger partial charge in [0.05, 0.1) is 6.61 Å². The fourth-order valence-corrected chi connectivity index (χ4v) is 4.83. The monoisotopic (exact) mass is 498 g/mol. The number of rotatable bonds is 8. The highest BCUT2D eigenvalue weighted by molar-refractivity contribution is 5.47. The summed E-state index contributed by atoms with van der Waals surface area (Å²) in [6.45, 7) is -0.0850. The highest BCUT2D eigenvalue weighted by Gasteiger charge is 2.47. The molecule has 0 unspecified atom stereocenters. The number of ether oxygens (including phenoxy) is 3. The third kappa shape index (κ3) is 5.16. The average Bonchev–Trinajstić information content (AvgIpc) is 2.96. The zero-order chi connectivity index (χ0) is 25.7. The molecule has 0 saturated carbocycles. The zero-order valence-electron chi connectivity index (χ0n) is 20.2. The predicted octanol–water partition coefficient (Wildman–Crippen LogP) is 3.88. The van der Waals surface area contributed by atoms with Crippen molar-refractivity contribution in [3.8, 4) is 5.75 Å². The average molecular weight is 499 g/mol. The van der Waals surface area contributed by atoms with E-state index in [0.717, 1.165) is 16.7 Å². The van der Waals surface area contributed by atoms with E-state index in [1.54, 1.807) is 24.3 Å². The van der Waals surface area contributed by atoms with Gasteiger partial charge in [-0.3, -0.25) is 0 Å². The van der Waals surface area contributed by atoms with E-state index < -0.39 is 36.3 Å². The van der Waals surface area contributed by atoms with Crippen LogP contribution in [0.1, 0.15) is 16.7 Å². The number of hydrogen-bond donors (Lipinski definition) is 3. The molecule has 5 rings (SSSR count). The summed E-state index contributed by atoms with van der Waals surface area (Å²) in [4.78, 5) is 0. The molecule has 0 spiro atoms. The Kier molecular flexibility index (Phi) is 7.65. The molecule has 0 radical (unpaired) electrons. The molecule has 1 heterocycles. The molecule has 3 N–H and O–H groups in total. The molecule has 0 amide bonds. The van der Waals surface area contributed by atoms with Crippen LogP contribution in [-0.2, 0) is 15.1 Å². The molecule has 1 aliphatic rings. The summed E-state index contributed by atoms with van der Waals surface area (Å²) in [6.07, 6.45) is -6.33. The van der Waals surface area contributed by atoms with Crippen molar-refractivity contribution in [1.82, 2.24) is 0 Å². The SMILES string of the molecule is O[C@H]1[C@@H](Oc2ccccc2)[C@H](O)[C@@H](COC(c2ccccc2)(c2ccccc2)c2ccccc2)O[C@@H]1O. The van der Waals surface area contributed by atoms with E-state index in [-0.39, 0.29) is 6.61 Å². The van der Waals surface area contributed by atoms with Gasteiger partial charge in [0.1, 0.15) is 29.7 Å². The minimum atomic E-state index is -1.55. The molecule has 1 fully saturated rings. The quantitative estimate of drug-likeness (QED) is 0.320. The standard InChI is InChI=1S/C31H30O6/c32-27-26(37-30(34)28(33)29(27)36-25-19-11-4-12-20-25)21-35-31(22-13-5-1-6-14-22,23-15-7-2-8-16-23)24-17-9-3-10-18-24/h1-20,26-30,32-34H,21H2/t26-,27-,28+,29+,30+/m1/s1. The van der Waals surface area contributed by atoms with Gasteiger partial charge in [-0.1, -0.05) is 109 Å². The zero-order valence-corrected chi connectivity index (χ0v) is 20.2. The lowest BCUT2D eigenvalue weighted by Gasteiger charge is -2.42. The number of hydrogen-bond acceptors (Lipinski definition) is 6. The lowest BCUT2D eigenvalue weighted by molar-refractivity contribution is -0.287. The lowest BCUT2D eigenvalue weighted by Crippen LogP contribution is -2.61. The van der Waals surface area contributed by atoms with Crippen molar-refractivity contribution in [1.29, 1.82) is 0 Å². The molecule has 5 atom stereocenters. The summed E-state index contributed by atoms with van der Waals surface area (Å²) in [7, 11) is 0. The minimum Gasteiger partial charge on any atom is -0.485 e. The van der Waals surface area contributed by atoms with Gasteiger partial charge in [-0.2, -0.15) is 0 Å². The first-order valence-corrected chi connectivity index (χ1v) is 12.3. The van der Waals surface area contributed by atoms with Crippen molar-refractivity contribution < 1.29 is 29.5 Å². The van der Waals surface area contributed by atoms with Crippen molar-refractivity contribution in [3.63, 3.8) is 0 Å². The Bertz CT molecular complexity index is 1140. The van der Waals surface area contributed by atoms with Gasteiger partial charge in [0.15, 0.2) is 12.4 Å². The second-order valence-corrected chi connectivity index (χ2v) is 9.03. The van der Waals surface area contributed by atoms with E-state index in [0.29, 0.717) is 5.75 Å². The van der Waals surface area contributed by atoms with E-state index in [4.69, 9.17) is 14.2 Å². The largest absolute Gasteiger partial charge is 0.485 e. The molecule has 0 aromatic heterocycles. The maximum atomic E-state index is 11.2. The Hall–Kier alpha value is -3.52. The third-order valence-corrected chi connectivity index (χ3v) is 6.68. The molecule has 1 saturated heterocycles. The van der Waals surface area contributed by atoms with Crippen LogP contribution in [-0.4, -0.2) is 52.6 Å². The third-order valence-electron chi connectivity index (χ3n) is 6.68. The van der Waals surface area contributed by atoms with Gasteiger partial charge in [-0.15, -0.1) is 0 Å². The highest BCUT2D eigenvalue weighted by Crippen LogP contribution is 2.41. The van der Waals surface area contributed by atoms with Gasteiger partial charge in [0.25, 0.3) is 0 Å². The normalized spacial score (nSPS) is 23.9. The molecule has 1 aliphatic heterocycles. The second-order valence-electron chi connectivity index (χ2n) is 9.03. The van der Waals surface area contributed by atoms with Crippen molar-refractivity contribution >= 4 is 0 Å². The van der Waals surface area contributed by atoms with Crippen LogP contribution in [0.5, 0.6) is 5.75 Å². The molecule has 190 valence electrons. The number of aliphatic hydroxyl groups excluding tert-OH is 3. The van der Waals surface area contributed by atoms with Gasteiger partial charge in [0.2, 0.25) is 0 Å². The summed E-state index contributed by atoms with van der Waals surface area (Å²) in [6, 6.07) is 38.4. The van der Waals surface area contributed by atoms with Crippen LogP contribution in [0.15, 0.2) is 121 Å². The number of para-hydroxylation sites is 1. The van der Waals surface area contributed by atoms with E-state index in [9.17, 15) is 15.3 Å². The molecule has 0 aliphatic carbocycles. The van der Waals surface area contributed by atoms with E-state index in [1.807, 2.05) is 97.1 Å². The highest BCUT2D eigenvalue weighted by atomic mass is 16.7. The molecular weight excluding hydrogens is 468 g/mol. The maximum Gasteiger partial charge on any atom is 0.185 e. The van der Waals surface area contributed by atoms with E-state index >= 15 is 0 Å².